The Bertz CT molecular complexity index is 1550. The minimum absolute atomic E-state index is 0.0318. The van der Waals surface area contributed by atoms with Crippen molar-refractivity contribution in [2.45, 2.75) is 45.3 Å². The summed E-state index contributed by atoms with van der Waals surface area (Å²) in [6.07, 6.45) is 3.03. The number of H-pyrrole nitrogens is 1. The Balaban J connectivity index is 1.38. The summed E-state index contributed by atoms with van der Waals surface area (Å²) in [4.78, 5) is 27.1. The second-order valence-electron chi connectivity index (χ2n) is 10.7. The van der Waals surface area contributed by atoms with Gasteiger partial charge in [0, 0.05) is 36.3 Å². The number of amides is 1. The zero-order chi connectivity index (χ0) is 27.7. The number of nitrogens with two attached hydrogens (primary N) is 1. The van der Waals surface area contributed by atoms with Gasteiger partial charge in [0.1, 0.15) is 11.3 Å². The van der Waals surface area contributed by atoms with Crippen molar-refractivity contribution in [2.75, 3.05) is 24.1 Å². The van der Waals surface area contributed by atoms with E-state index in [1.807, 2.05) is 63.4 Å². The van der Waals surface area contributed by atoms with E-state index in [0.29, 0.717) is 18.7 Å². The fourth-order valence-corrected chi connectivity index (χ4v) is 4.67. The number of ether oxygens (including phenoxy) is 1. The van der Waals surface area contributed by atoms with Crippen molar-refractivity contribution in [1.82, 2.24) is 24.9 Å². The lowest BCUT2D eigenvalue weighted by atomic mass is 10.00. The minimum atomic E-state index is -0.600. The van der Waals surface area contributed by atoms with Gasteiger partial charge in [0.25, 0.3) is 5.56 Å². The van der Waals surface area contributed by atoms with Gasteiger partial charge in [-0.2, -0.15) is 10.2 Å². The molecule has 0 saturated carbocycles. The standard InChI is InChI=1S/C28H32N8O3/c1-28(2,3)39-27(38)35-14-6-8-19(16-35)31-24-22(25(30)32-33-26(24)37)23(29)17-10-12-20(13-11-17)36-15-18-7-4-5-9-21(18)34-36/h4-5,7,9-13,15,19,29H,6,8,14,16H2,1-3H3,(H,33,37)(H3,30,31,32). The van der Waals surface area contributed by atoms with Crippen molar-refractivity contribution in [3.8, 4) is 5.69 Å². The summed E-state index contributed by atoms with van der Waals surface area (Å²) < 4.78 is 7.30. The molecule has 11 nitrogen and oxygen atoms in total. The molecule has 0 radical (unpaired) electrons. The summed E-state index contributed by atoms with van der Waals surface area (Å²) in [6.45, 7) is 6.40. The van der Waals surface area contributed by atoms with Gasteiger partial charge >= 0.3 is 6.09 Å². The molecule has 39 heavy (non-hydrogen) atoms. The van der Waals surface area contributed by atoms with E-state index in [-0.39, 0.29) is 28.8 Å². The molecule has 1 saturated heterocycles. The number of carbonyl (C=O) groups excluding carboxylic acids is 1. The average molecular weight is 529 g/mol. The van der Waals surface area contributed by atoms with Crippen LogP contribution in [0, 0.1) is 5.41 Å². The molecule has 202 valence electrons. The van der Waals surface area contributed by atoms with E-state index in [0.717, 1.165) is 29.4 Å². The first-order valence-electron chi connectivity index (χ1n) is 12.9. The number of hydrogen-bond acceptors (Lipinski definition) is 8. The molecule has 0 bridgehead atoms. The number of nitrogens with one attached hydrogen (secondary N) is 3. The maximum absolute atomic E-state index is 12.9. The zero-order valence-electron chi connectivity index (χ0n) is 22.2. The Kier molecular flexibility index (Phi) is 6.81. The minimum Gasteiger partial charge on any atom is -0.444 e. The molecule has 1 amide bonds. The summed E-state index contributed by atoms with van der Waals surface area (Å²) in [6, 6.07) is 14.9. The average Bonchev–Trinajstić information content (AvgIpc) is 3.34. The van der Waals surface area contributed by atoms with Crippen LogP contribution in [0.2, 0.25) is 0 Å². The number of nitrogen functional groups attached to an aromatic ring is 1. The number of hydrogen-bond donors (Lipinski definition) is 4. The number of nitrogens with zero attached hydrogens (tertiary/aromatic N) is 4. The van der Waals surface area contributed by atoms with E-state index in [2.05, 4.69) is 20.6 Å². The lowest BCUT2D eigenvalue weighted by Gasteiger charge is -2.35. The molecular formula is C28H32N8O3. The van der Waals surface area contributed by atoms with Gasteiger partial charge in [0.2, 0.25) is 0 Å². The van der Waals surface area contributed by atoms with Gasteiger partial charge in [-0.15, -0.1) is 0 Å². The molecule has 1 fully saturated rings. The van der Waals surface area contributed by atoms with E-state index in [4.69, 9.17) is 15.9 Å². The summed E-state index contributed by atoms with van der Waals surface area (Å²) >= 11 is 0. The van der Waals surface area contributed by atoms with Gasteiger partial charge in [-0.3, -0.25) is 10.2 Å². The third-order valence-electron chi connectivity index (χ3n) is 6.52. The fourth-order valence-electron chi connectivity index (χ4n) is 4.67. The number of aromatic nitrogens is 4. The molecule has 2 aromatic heterocycles. The summed E-state index contributed by atoms with van der Waals surface area (Å²) in [5.41, 5.74) is 7.82. The fraction of sp³-hybridized carbons (Fsp3) is 0.321. The van der Waals surface area contributed by atoms with Crippen LogP contribution < -0.4 is 16.6 Å². The van der Waals surface area contributed by atoms with Crippen LogP contribution in [0.5, 0.6) is 0 Å². The second-order valence-corrected chi connectivity index (χ2v) is 10.7. The van der Waals surface area contributed by atoms with Crippen LogP contribution in [0.1, 0.15) is 44.7 Å². The van der Waals surface area contributed by atoms with Gasteiger partial charge in [-0.05, 0) is 51.8 Å². The zero-order valence-corrected chi connectivity index (χ0v) is 22.2. The molecule has 4 aromatic rings. The first-order chi connectivity index (χ1) is 18.6. The highest BCUT2D eigenvalue weighted by Crippen LogP contribution is 2.24. The number of benzene rings is 2. The first-order valence-corrected chi connectivity index (χ1v) is 12.9. The van der Waals surface area contributed by atoms with Gasteiger partial charge < -0.3 is 20.7 Å². The molecule has 2 aromatic carbocycles. The Morgan fingerprint density at radius 3 is 2.64 bits per heavy atom. The number of aromatic amines is 1. The van der Waals surface area contributed by atoms with E-state index < -0.39 is 17.3 Å². The maximum Gasteiger partial charge on any atom is 0.410 e. The molecule has 1 unspecified atom stereocenters. The van der Waals surface area contributed by atoms with Gasteiger partial charge in [0.15, 0.2) is 5.82 Å². The van der Waals surface area contributed by atoms with Gasteiger partial charge in [-0.25, -0.2) is 14.6 Å². The van der Waals surface area contributed by atoms with E-state index in [1.165, 1.54) is 0 Å². The largest absolute Gasteiger partial charge is 0.444 e. The number of anilines is 2. The molecule has 11 heteroatoms. The maximum atomic E-state index is 12.9. The Labute approximate surface area is 225 Å². The lowest BCUT2D eigenvalue weighted by molar-refractivity contribution is 0.0206. The third kappa shape index (κ3) is 5.62. The predicted octanol–water partition coefficient (Wildman–Crippen LogP) is 3.92. The van der Waals surface area contributed by atoms with Crippen LogP contribution in [-0.4, -0.2) is 61.4 Å². The summed E-state index contributed by atoms with van der Waals surface area (Å²) in [7, 11) is 0. The first kappa shape index (κ1) is 26.0. The highest BCUT2D eigenvalue weighted by Gasteiger charge is 2.29. The van der Waals surface area contributed by atoms with Gasteiger partial charge in [0.05, 0.1) is 22.5 Å². The molecular weight excluding hydrogens is 496 g/mol. The normalized spacial score (nSPS) is 15.8. The molecule has 5 rings (SSSR count). The lowest BCUT2D eigenvalue weighted by Crippen LogP contribution is -2.47. The smallest absolute Gasteiger partial charge is 0.410 e. The number of piperidine rings is 1. The van der Waals surface area contributed by atoms with Crippen LogP contribution in [0.3, 0.4) is 0 Å². The number of fused-ring (bicyclic) bond motifs is 1. The van der Waals surface area contributed by atoms with Crippen molar-refractivity contribution >= 4 is 34.2 Å². The van der Waals surface area contributed by atoms with Crippen molar-refractivity contribution in [3.05, 3.63) is 76.2 Å². The van der Waals surface area contributed by atoms with E-state index in [1.54, 1.807) is 21.7 Å². The third-order valence-corrected chi connectivity index (χ3v) is 6.52. The molecule has 0 spiro atoms. The van der Waals surface area contributed by atoms with Crippen LogP contribution in [-0.2, 0) is 4.74 Å². The second kappa shape index (κ2) is 10.2. The van der Waals surface area contributed by atoms with Crippen molar-refractivity contribution in [2.24, 2.45) is 0 Å². The number of rotatable bonds is 5. The van der Waals surface area contributed by atoms with Crippen molar-refractivity contribution in [1.29, 1.82) is 5.41 Å². The topological polar surface area (TPSA) is 155 Å². The van der Waals surface area contributed by atoms with Crippen LogP contribution in [0.15, 0.2) is 59.5 Å². The van der Waals surface area contributed by atoms with Crippen LogP contribution in [0.25, 0.3) is 16.6 Å². The molecule has 1 atom stereocenters. The Morgan fingerprint density at radius 1 is 1.18 bits per heavy atom. The van der Waals surface area contributed by atoms with Crippen molar-refractivity contribution in [3.63, 3.8) is 0 Å². The number of likely N-dealkylation sites (tertiary alicyclic amines) is 1. The molecule has 1 aliphatic rings. The quantitative estimate of drug-likeness (QED) is 0.286. The van der Waals surface area contributed by atoms with Crippen molar-refractivity contribution < 1.29 is 9.53 Å². The predicted molar refractivity (Wildman–Crippen MR) is 151 cm³/mol. The SMILES string of the molecule is CC(C)(C)OC(=O)N1CCCC(Nc2c(C(=N)c3ccc(-n4cc5ccccc5n4)cc3)c(N)n[nH]c2=O)C1. The highest BCUT2D eigenvalue weighted by molar-refractivity contribution is 6.16. The molecule has 1 aliphatic heterocycles. The van der Waals surface area contributed by atoms with Crippen LogP contribution in [0.4, 0.5) is 16.3 Å². The van der Waals surface area contributed by atoms with Gasteiger partial charge in [-0.1, -0.05) is 30.3 Å². The highest BCUT2D eigenvalue weighted by atomic mass is 16.6. The summed E-state index contributed by atoms with van der Waals surface area (Å²) in [5, 5.41) is 24.1. The number of carbonyl (C=O) groups is 1. The van der Waals surface area contributed by atoms with Crippen LogP contribution >= 0.6 is 0 Å². The Morgan fingerprint density at radius 2 is 1.92 bits per heavy atom. The van der Waals surface area contributed by atoms with E-state index >= 15 is 0 Å². The monoisotopic (exact) mass is 528 g/mol. The molecule has 0 aliphatic carbocycles. The molecule has 5 N–H and O–H groups in total. The van der Waals surface area contributed by atoms with E-state index in [9.17, 15) is 9.59 Å². The Hall–Kier alpha value is -4.67. The summed E-state index contributed by atoms with van der Waals surface area (Å²) in [5.74, 6) is 0.0318. The molecule has 3 heterocycles.